The summed E-state index contributed by atoms with van der Waals surface area (Å²) in [5, 5.41) is 10.4. The summed E-state index contributed by atoms with van der Waals surface area (Å²) >= 11 is 6.48. The van der Waals surface area contributed by atoms with Crippen molar-refractivity contribution < 1.29 is 24.2 Å². The number of hydrogen-bond donors (Lipinski definition) is 1. The van der Waals surface area contributed by atoms with Gasteiger partial charge in [-0.2, -0.15) is 0 Å². The van der Waals surface area contributed by atoms with Crippen molar-refractivity contribution in [2.45, 2.75) is 45.7 Å². The highest BCUT2D eigenvalue weighted by molar-refractivity contribution is 6.30. The quantitative estimate of drug-likeness (QED) is 0.703. The lowest BCUT2D eigenvalue weighted by Gasteiger charge is -2.47. The second kappa shape index (κ2) is 8.72. The Kier molecular flexibility index (Phi) is 6.01. The molecule has 0 aromatic heterocycles. The summed E-state index contributed by atoms with van der Waals surface area (Å²) in [4.78, 5) is 42.3. The molecule has 3 amide bonds. The second-order valence-corrected chi connectivity index (χ2v) is 11.3. The van der Waals surface area contributed by atoms with E-state index in [-0.39, 0.29) is 23.9 Å². The predicted molar refractivity (Wildman–Crippen MR) is 126 cm³/mol. The molecule has 184 valence electrons. The third kappa shape index (κ3) is 4.15. The van der Waals surface area contributed by atoms with Crippen LogP contribution in [0.2, 0.25) is 5.02 Å². The first-order valence-corrected chi connectivity index (χ1v) is 12.5. The van der Waals surface area contributed by atoms with Crippen LogP contribution in [0.3, 0.4) is 0 Å². The molecule has 1 N–H and O–H groups in total. The smallest absolute Gasteiger partial charge is 0.407 e. The molecule has 0 radical (unpaired) electrons. The third-order valence-corrected chi connectivity index (χ3v) is 8.34. The largest absolute Gasteiger partial charge is 0.465 e. The van der Waals surface area contributed by atoms with Crippen LogP contribution in [0.25, 0.3) is 0 Å². The number of carbonyl (C=O) groups is 3. The third-order valence-electron chi connectivity index (χ3n) is 8.12. The molecule has 3 atom stereocenters. The topological polar surface area (TPSA) is 90.4 Å². The van der Waals surface area contributed by atoms with Crippen molar-refractivity contribution in [2.75, 3.05) is 39.4 Å². The molecule has 9 heteroatoms. The van der Waals surface area contributed by atoms with Gasteiger partial charge in [-0.05, 0) is 53.5 Å². The van der Waals surface area contributed by atoms with Gasteiger partial charge in [0.25, 0.3) is 0 Å². The number of nitrogens with zero attached hydrogens (tertiary/aromatic N) is 3. The number of halogens is 1. The Morgan fingerprint density at radius 2 is 1.91 bits per heavy atom. The Bertz CT molecular complexity index is 1010. The zero-order chi connectivity index (χ0) is 24.2. The number of Topliss-reactive ketones (excluding diaryl/α,β-unsaturated/α-hetero) is 1. The van der Waals surface area contributed by atoms with Gasteiger partial charge in [0.15, 0.2) is 0 Å². The fraction of sp³-hybridized carbons (Fsp3) is 0.640. The molecule has 4 fully saturated rings. The number of benzene rings is 1. The van der Waals surface area contributed by atoms with E-state index in [2.05, 4.69) is 13.8 Å². The molecule has 1 saturated carbocycles. The molecule has 1 aromatic rings. The molecule has 8 nitrogen and oxygen atoms in total. The summed E-state index contributed by atoms with van der Waals surface area (Å²) in [6.07, 6.45) is 1.34. The number of morpholine rings is 1. The predicted octanol–water partition coefficient (Wildman–Crippen LogP) is 3.29. The molecule has 2 bridgehead atoms. The van der Waals surface area contributed by atoms with Gasteiger partial charge in [0, 0.05) is 49.6 Å². The molecule has 4 heterocycles. The molecule has 3 saturated heterocycles. The van der Waals surface area contributed by atoms with Crippen LogP contribution >= 0.6 is 11.6 Å². The van der Waals surface area contributed by atoms with Crippen molar-refractivity contribution in [3.05, 3.63) is 33.8 Å². The van der Waals surface area contributed by atoms with Gasteiger partial charge in [-0.3, -0.25) is 4.79 Å². The molecule has 2 unspecified atom stereocenters. The van der Waals surface area contributed by atoms with Gasteiger partial charge >= 0.3 is 12.1 Å². The van der Waals surface area contributed by atoms with E-state index in [1.807, 2.05) is 21.9 Å². The molecule has 0 spiro atoms. The van der Waals surface area contributed by atoms with Crippen LogP contribution in [0.15, 0.2) is 12.1 Å². The molecular formula is C25H32ClN3O5. The highest BCUT2D eigenvalue weighted by Crippen LogP contribution is 2.38. The first-order valence-electron chi connectivity index (χ1n) is 12.1. The van der Waals surface area contributed by atoms with Crippen molar-refractivity contribution in [2.24, 2.45) is 17.3 Å². The average Bonchev–Trinajstić information content (AvgIpc) is 2.82. The van der Waals surface area contributed by atoms with Gasteiger partial charge in [0.1, 0.15) is 5.78 Å². The van der Waals surface area contributed by atoms with E-state index >= 15 is 0 Å². The van der Waals surface area contributed by atoms with Gasteiger partial charge in [0.2, 0.25) is 0 Å². The molecule has 4 aliphatic heterocycles. The minimum atomic E-state index is -0.927. The fourth-order valence-corrected chi connectivity index (χ4v) is 6.42. The Morgan fingerprint density at radius 1 is 1.18 bits per heavy atom. The van der Waals surface area contributed by atoms with E-state index in [1.54, 1.807) is 0 Å². The minimum Gasteiger partial charge on any atom is -0.465 e. The number of piperidine rings is 2. The molecular weight excluding hydrogens is 458 g/mol. The van der Waals surface area contributed by atoms with Crippen LogP contribution in [0.4, 0.5) is 9.59 Å². The summed E-state index contributed by atoms with van der Waals surface area (Å²) < 4.78 is 5.64. The van der Waals surface area contributed by atoms with Crippen molar-refractivity contribution >= 4 is 29.5 Å². The number of carbonyl (C=O) groups excluding carboxylic acids is 2. The SMILES string of the molecule is CC(C)(Cc1cc(Cl)cc2c1CN(C(=O)N1CC3CC(C1)C3=O)CC2)[C@@H]1COCCN1C(=O)O. The lowest BCUT2D eigenvalue weighted by molar-refractivity contribution is -0.141. The monoisotopic (exact) mass is 489 g/mol. The van der Waals surface area contributed by atoms with Crippen molar-refractivity contribution in [3.8, 4) is 0 Å². The standard InChI is InChI=1S/C25H32ClN3O5/c1-25(2,21-14-34-6-5-29(21)24(32)33)10-16-9-19(26)8-15-3-4-27(13-20(15)16)23(31)28-11-17-7-18(12-28)22(17)30/h8-9,17-18,21H,3-7,10-14H2,1-2H3,(H,32,33)/t17?,18?,21-/m0/s1. The summed E-state index contributed by atoms with van der Waals surface area (Å²) in [6.45, 7) is 7.46. The highest BCUT2D eigenvalue weighted by atomic mass is 35.5. The van der Waals surface area contributed by atoms with E-state index in [9.17, 15) is 19.5 Å². The average molecular weight is 490 g/mol. The summed E-state index contributed by atoms with van der Waals surface area (Å²) in [5.41, 5.74) is 2.92. The van der Waals surface area contributed by atoms with Crippen LogP contribution < -0.4 is 0 Å². The van der Waals surface area contributed by atoms with Gasteiger partial charge in [-0.25, -0.2) is 9.59 Å². The van der Waals surface area contributed by atoms with Gasteiger partial charge in [0.05, 0.1) is 19.3 Å². The number of hydrogen-bond acceptors (Lipinski definition) is 4. The lowest BCUT2D eigenvalue weighted by atomic mass is 9.70. The highest BCUT2D eigenvalue weighted by Gasteiger charge is 2.47. The van der Waals surface area contributed by atoms with Crippen molar-refractivity contribution in [1.82, 2.24) is 14.7 Å². The van der Waals surface area contributed by atoms with Crippen LogP contribution in [0.1, 0.15) is 37.0 Å². The Hall–Kier alpha value is -2.32. The number of fused-ring (bicyclic) bond motifs is 3. The number of rotatable bonds is 3. The summed E-state index contributed by atoms with van der Waals surface area (Å²) in [5.74, 6) is 0.351. The molecule has 34 heavy (non-hydrogen) atoms. The van der Waals surface area contributed by atoms with E-state index < -0.39 is 11.5 Å². The maximum Gasteiger partial charge on any atom is 0.407 e. The van der Waals surface area contributed by atoms with Crippen LogP contribution in [-0.4, -0.2) is 83.1 Å². The summed E-state index contributed by atoms with van der Waals surface area (Å²) in [7, 11) is 0. The Morgan fingerprint density at radius 3 is 2.59 bits per heavy atom. The van der Waals surface area contributed by atoms with Gasteiger partial charge < -0.3 is 24.5 Å². The Balaban J connectivity index is 1.36. The normalized spacial score (nSPS) is 26.7. The maximum absolute atomic E-state index is 13.3. The van der Waals surface area contributed by atoms with E-state index in [0.717, 1.165) is 29.5 Å². The van der Waals surface area contributed by atoms with Crippen LogP contribution in [0, 0.1) is 17.3 Å². The maximum atomic E-state index is 13.3. The van der Waals surface area contributed by atoms with Crippen LogP contribution in [0.5, 0.6) is 0 Å². The fourth-order valence-electron chi connectivity index (χ4n) is 6.16. The zero-order valence-electron chi connectivity index (χ0n) is 19.8. The van der Waals surface area contributed by atoms with Gasteiger partial charge in [-0.1, -0.05) is 25.4 Å². The van der Waals surface area contributed by atoms with Crippen molar-refractivity contribution in [3.63, 3.8) is 0 Å². The summed E-state index contributed by atoms with van der Waals surface area (Å²) in [6, 6.07) is 3.68. The second-order valence-electron chi connectivity index (χ2n) is 10.8. The minimum absolute atomic E-state index is 0.00532. The molecule has 6 rings (SSSR count). The number of urea groups is 1. The molecule has 1 aromatic carbocycles. The molecule has 1 aliphatic carbocycles. The first-order chi connectivity index (χ1) is 16.1. The number of ketones is 1. The van der Waals surface area contributed by atoms with E-state index in [1.165, 1.54) is 4.90 Å². The van der Waals surface area contributed by atoms with Gasteiger partial charge in [-0.15, -0.1) is 0 Å². The van der Waals surface area contributed by atoms with E-state index in [0.29, 0.717) is 63.2 Å². The Labute approximate surface area is 204 Å². The molecule has 5 aliphatic rings. The lowest BCUT2D eigenvalue weighted by Crippen LogP contribution is -2.59. The van der Waals surface area contributed by atoms with Crippen LogP contribution in [-0.2, 0) is 28.9 Å². The number of carboxylic acid groups (broad SMARTS) is 1. The number of amides is 3. The van der Waals surface area contributed by atoms with Crippen molar-refractivity contribution in [1.29, 1.82) is 0 Å². The number of ether oxygens (including phenoxy) is 1. The first kappa shape index (κ1) is 23.4. The van der Waals surface area contributed by atoms with E-state index in [4.69, 9.17) is 16.3 Å². The zero-order valence-corrected chi connectivity index (χ0v) is 20.5.